The second kappa shape index (κ2) is 5.60. The zero-order chi connectivity index (χ0) is 12.1. The summed E-state index contributed by atoms with van der Waals surface area (Å²) in [5.41, 5.74) is 3.06. The van der Waals surface area contributed by atoms with Gasteiger partial charge < -0.3 is 4.74 Å². The van der Waals surface area contributed by atoms with Gasteiger partial charge in [0.15, 0.2) is 0 Å². The number of hydrogen-bond donors (Lipinski definition) is 1. The molecule has 3 heteroatoms. The van der Waals surface area contributed by atoms with Gasteiger partial charge in [-0.05, 0) is 30.2 Å². The predicted molar refractivity (Wildman–Crippen MR) is 72.5 cm³/mol. The molecule has 0 amide bonds. The topological polar surface area (TPSA) is 21.3 Å². The third-order valence-corrected chi connectivity index (χ3v) is 2.69. The number of rotatable bonds is 4. The molecule has 2 aromatic rings. The minimum Gasteiger partial charge on any atom is -0.492 e. The van der Waals surface area contributed by atoms with E-state index in [0.29, 0.717) is 6.61 Å². The number of hydrogen-bond acceptors (Lipinski definition) is 2. The fraction of sp³-hybridized carbons (Fsp3) is 0.143. The van der Waals surface area contributed by atoms with Crippen LogP contribution in [0.15, 0.2) is 48.5 Å². The maximum atomic E-state index is 5.64. The fourth-order valence-electron chi connectivity index (χ4n) is 1.69. The Balaban J connectivity index is 2.40. The molecule has 1 N–H and O–H groups in total. The van der Waals surface area contributed by atoms with Crippen molar-refractivity contribution >= 4 is 17.5 Å². The molecule has 0 saturated carbocycles. The lowest BCUT2D eigenvalue weighted by Crippen LogP contribution is -1.95. The van der Waals surface area contributed by atoms with Gasteiger partial charge in [-0.25, -0.2) is 0 Å². The van der Waals surface area contributed by atoms with Crippen LogP contribution in [0, 0.1) is 0 Å². The van der Waals surface area contributed by atoms with Crippen molar-refractivity contribution in [3.05, 3.63) is 48.5 Å². The van der Waals surface area contributed by atoms with E-state index in [2.05, 4.69) is 17.0 Å². The normalized spacial score (nSPS) is 10.0. The fourth-order valence-corrected chi connectivity index (χ4v) is 1.84. The lowest BCUT2D eigenvalue weighted by atomic mass is 10.1. The lowest BCUT2D eigenvalue weighted by Gasteiger charge is -2.10. The summed E-state index contributed by atoms with van der Waals surface area (Å²) in [6.45, 7) is 2.57. The van der Waals surface area contributed by atoms with Crippen LogP contribution in [0.1, 0.15) is 6.92 Å². The highest BCUT2D eigenvalue weighted by atomic mass is 35.5. The van der Waals surface area contributed by atoms with Crippen LogP contribution in [-0.4, -0.2) is 6.61 Å². The molecule has 0 aliphatic carbocycles. The van der Waals surface area contributed by atoms with Crippen molar-refractivity contribution in [3.8, 4) is 16.9 Å². The minimum absolute atomic E-state index is 0.615. The van der Waals surface area contributed by atoms with Gasteiger partial charge in [0.2, 0.25) is 0 Å². The number of nitrogens with one attached hydrogen (secondary N) is 1. The third-order valence-electron chi connectivity index (χ3n) is 2.49. The second-order valence-electron chi connectivity index (χ2n) is 3.60. The Bertz CT molecular complexity index is 485. The second-order valence-corrected chi connectivity index (χ2v) is 3.79. The SMILES string of the molecule is CCOc1cc(-c2ccccc2)ccc1NCl. The van der Waals surface area contributed by atoms with Crippen LogP contribution in [0.5, 0.6) is 5.75 Å². The maximum absolute atomic E-state index is 5.64. The summed E-state index contributed by atoms with van der Waals surface area (Å²) < 4.78 is 5.54. The standard InChI is InChI=1S/C14H14ClNO/c1-2-17-14-10-12(8-9-13(14)16-15)11-6-4-3-5-7-11/h3-10,16H,2H2,1H3. The van der Waals surface area contributed by atoms with Crippen LogP contribution in [0.3, 0.4) is 0 Å². The maximum Gasteiger partial charge on any atom is 0.144 e. The summed E-state index contributed by atoms with van der Waals surface area (Å²) in [4.78, 5) is 2.61. The van der Waals surface area contributed by atoms with E-state index in [1.54, 1.807) is 0 Å². The van der Waals surface area contributed by atoms with E-state index >= 15 is 0 Å². The third kappa shape index (κ3) is 2.71. The van der Waals surface area contributed by atoms with Gasteiger partial charge in [-0.3, -0.25) is 4.84 Å². The van der Waals surface area contributed by atoms with Gasteiger partial charge in [-0.1, -0.05) is 36.4 Å². The quantitative estimate of drug-likeness (QED) is 0.813. The number of anilines is 1. The van der Waals surface area contributed by atoms with E-state index in [-0.39, 0.29) is 0 Å². The molecule has 0 saturated heterocycles. The first-order valence-corrected chi connectivity index (χ1v) is 5.92. The van der Waals surface area contributed by atoms with Crippen LogP contribution < -0.4 is 9.57 Å². The summed E-state index contributed by atoms with van der Waals surface area (Å²) in [5.74, 6) is 0.767. The Morgan fingerprint density at radius 2 is 1.82 bits per heavy atom. The largest absolute Gasteiger partial charge is 0.492 e. The summed E-state index contributed by atoms with van der Waals surface area (Å²) in [5, 5.41) is 0. The first-order chi connectivity index (χ1) is 8.35. The van der Waals surface area contributed by atoms with Crippen LogP contribution in [0.25, 0.3) is 11.1 Å². The van der Waals surface area contributed by atoms with Crippen molar-refractivity contribution in [2.75, 3.05) is 11.4 Å². The minimum atomic E-state index is 0.615. The van der Waals surface area contributed by atoms with Crippen molar-refractivity contribution in [2.24, 2.45) is 0 Å². The highest BCUT2D eigenvalue weighted by Crippen LogP contribution is 2.31. The van der Waals surface area contributed by atoms with Crippen molar-refractivity contribution in [1.82, 2.24) is 0 Å². The molecular formula is C14H14ClNO. The summed E-state index contributed by atoms with van der Waals surface area (Å²) >= 11 is 5.64. The summed E-state index contributed by atoms with van der Waals surface area (Å²) in [6.07, 6.45) is 0. The van der Waals surface area contributed by atoms with Gasteiger partial charge in [0.05, 0.1) is 12.3 Å². The van der Waals surface area contributed by atoms with Crippen molar-refractivity contribution < 1.29 is 4.74 Å². The molecule has 0 radical (unpaired) electrons. The van der Waals surface area contributed by atoms with Crippen LogP contribution in [0.4, 0.5) is 5.69 Å². The van der Waals surface area contributed by atoms with Crippen molar-refractivity contribution in [2.45, 2.75) is 6.92 Å². The van der Waals surface area contributed by atoms with Gasteiger partial charge in [0.25, 0.3) is 0 Å². The molecule has 0 aliphatic heterocycles. The predicted octanol–water partition coefficient (Wildman–Crippen LogP) is 4.32. The average molecular weight is 248 g/mol. The van der Waals surface area contributed by atoms with E-state index in [9.17, 15) is 0 Å². The molecular weight excluding hydrogens is 234 g/mol. The number of halogens is 1. The van der Waals surface area contributed by atoms with Crippen LogP contribution in [0.2, 0.25) is 0 Å². The molecule has 2 rings (SSSR count). The van der Waals surface area contributed by atoms with Gasteiger partial charge in [-0.15, -0.1) is 0 Å². The Kier molecular flexibility index (Phi) is 3.89. The first kappa shape index (κ1) is 11.8. The Morgan fingerprint density at radius 3 is 2.47 bits per heavy atom. The van der Waals surface area contributed by atoms with E-state index in [1.165, 1.54) is 0 Å². The molecule has 0 bridgehead atoms. The average Bonchev–Trinajstić information content (AvgIpc) is 2.40. The zero-order valence-corrected chi connectivity index (χ0v) is 10.4. The monoisotopic (exact) mass is 247 g/mol. The van der Waals surface area contributed by atoms with Crippen molar-refractivity contribution in [3.63, 3.8) is 0 Å². The smallest absolute Gasteiger partial charge is 0.144 e. The van der Waals surface area contributed by atoms with Crippen LogP contribution in [-0.2, 0) is 0 Å². The molecule has 2 aromatic carbocycles. The van der Waals surface area contributed by atoms with Gasteiger partial charge in [0.1, 0.15) is 5.75 Å². The molecule has 0 aliphatic rings. The Labute approximate surface area is 106 Å². The number of ether oxygens (including phenoxy) is 1. The molecule has 2 nitrogen and oxygen atoms in total. The molecule has 0 unspecified atom stereocenters. The van der Waals surface area contributed by atoms with Gasteiger partial charge in [0, 0.05) is 11.8 Å². The van der Waals surface area contributed by atoms with Crippen molar-refractivity contribution in [1.29, 1.82) is 0 Å². The highest BCUT2D eigenvalue weighted by Gasteiger charge is 2.05. The van der Waals surface area contributed by atoms with E-state index < -0.39 is 0 Å². The molecule has 0 aromatic heterocycles. The van der Waals surface area contributed by atoms with E-state index in [1.807, 2.05) is 43.3 Å². The molecule has 17 heavy (non-hydrogen) atoms. The molecule has 0 fully saturated rings. The highest BCUT2D eigenvalue weighted by molar-refractivity contribution is 6.24. The number of benzene rings is 2. The lowest BCUT2D eigenvalue weighted by molar-refractivity contribution is 0.342. The zero-order valence-electron chi connectivity index (χ0n) is 9.61. The van der Waals surface area contributed by atoms with E-state index in [4.69, 9.17) is 16.5 Å². The summed E-state index contributed by atoms with van der Waals surface area (Å²) in [7, 11) is 0. The van der Waals surface area contributed by atoms with Gasteiger partial charge >= 0.3 is 0 Å². The van der Waals surface area contributed by atoms with Crippen LogP contribution >= 0.6 is 11.8 Å². The molecule has 0 heterocycles. The molecule has 0 spiro atoms. The van der Waals surface area contributed by atoms with E-state index in [0.717, 1.165) is 22.6 Å². The Morgan fingerprint density at radius 1 is 1.06 bits per heavy atom. The first-order valence-electron chi connectivity index (χ1n) is 5.54. The molecule has 0 atom stereocenters. The summed E-state index contributed by atoms with van der Waals surface area (Å²) in [6, 6.07) is 16.1. The Hall–Kier alpha value is -1.67. The van der Waals surface area contributed by atoms with Gasteiger partial charge in [-0.2, -0.15) is 0 Å². The molecule has 88 valence electrons.